The van der Waals surface area contributed by atoms with E-state index in [2.05, 4.69) is 34.6 Å². The van der Waals surface area contributed by atoms with E-state index in [-0.39, 0.29) is 0 Å². The van der Waals surface area contributed by atoms with Crippen LogP contribution < -0.4 is 4.74 Å². The highest BCUT2D eigenvalue weighted by Crippen LogP contribution is 2.42. The lowest BCUT2D eigenvalue weighted by Gasteiger charge is -2.01. The average Bonchev–Trinajstić information content (AvgIpc) is 2.43. The van der Waals surface area contributed by atoms with Gasteiger partial charge in [-0.15, -0.1) is 24.0 Å². The number of methoxy groups -OCH3 is 1. The van der Waals surface area contributed by atoms with E-state index in [0.29, 0.717) is 0 Å². The summed E-state index contributed by atoms with van der Waals surface area (Å²) in [6.45, 7) is 0. The maximum Gasteiger partial charge on any atom is 0.128 e. The maximum absolute atomic E-state index is 5.26. The summed E-state index contributed by atoms with van der Waals surface area (Å²) in [5.74, 6) is 0.879. The first kappa shape index (κ1) is 9.37. The Morgan fingerprint density at radius 1 is 1.46 bits per heavy atom. The molecule has 2 aromatic rings. The fourth-order valence-electron chi connectivity index (χ4n) is 1.24. The van der Waals surface area contributed by atoms with Gasteiger partial charge in [0.05, 0.1) is 10.9 Å². The number of halogens is 1. The highest BCUT2D eigenvalue weighted by Gasteiger charge is 2.10. The van der Waals surface area contributed by atoms with E-state index in [1.165, 1.54) is 4.70 Å². The Labute approximate surface area is 94.3 Å². The van der Waals surface area contributed by atoms with Crippen molar-refractivity contribution < 1.29 is 4.74 Å². The molecule has 0 spiro atoms. The maximum atomic E-state index is 5.26. The largest absolute Gasteiger partial charge is 0.496 e. The SMILES string of the molecule is COc1cccc2sc(Br)c(S)c12. The van der Waals surface area contributed by atoms with Gasteiger partial charge in [-0.25, -0.2) is 0 Å². The van der Waals surface area contributed by atoms with Crippen LogP contribution in [0.25, 0.3) is 10.1 Å². The van der Waals surface area contributed by atoms with Crippen molar-refractivity contribution in [1.29, 1.82) is 0 Å². The van der Waals surface area contributed by atoms with E-state index in [1.54, 1.807) is 18.4 Å². The van der Waals surface area contributed by atoms with Crippen LogP contribution >= 0.6 is 39.9 Å². The molecule has 4 heteroatoms. The summed E-state index contributed by atoms with van der Waals surface area (Å²) in [6.07, 6.45) is 0. The summed E-state index contributed by atoms with van der Waals surface area (Å²) < 4.78 is 7.50. The molecule has 68 valence electrons. The Bertz CT molecular complexity index is 450. The Hall–Kier alpha value is -0.190. The van der Waals surface area contributed by atoms with Gasteiger partial charge in [0.25, 0.3) is 0 Å². The third kappa shape index (κ3) is 1.47. The second-order valence-electron chi connectivity index (χ2n) is 2.56. The van der Waals surface area contributed by atoms with Crippen LogP contribution in [0.5, 0.6) is 5.75 Å². The normalized spacial score (nSPS) is 10.7. The van der Waals surface area contributed by atoms with Gasteiger partial charge in [0, 0.05) is 15.0 Å². The van der Waals surface area contributed by atoms with Crippen LogP contribution in [0.3, 0.4) is 0 Å². The molecule has 0 unspecified atom stereocenters. The number of fused-ring (bicyclic) bond motifs is 1. The number of benzene rings is 1. The van der Waals surface area contributed by atoms with E-state index in [0.717, 1.165) is 19.8 Å². The van der Waals surface area contributed by atoms with Crippen molar-refractivity contribution in [2.75, 3.05) is 7.11 Å². The third-order valence-electron chi connectivity index (χ3n) is 1.83. The van der Waals surface area contributed by atoms with Crippen molar-refractivity contribution in [3.05, 3.63) is 22.0 Å². The molecule has 0 aliphatic rings. The van der Waals surface area contributed by atoms with Gasteiger partial charge in [-0.3, -0.25) is 0 Å². The summed E-state index contributed by atoms with van der Waals surface area (Å²) in [6, 6.07) is 5.99. The van der Waals surface area contributed by atoms with Crippen molar-refractivity contribution in [2.45, 2.75) is 4.90 Å². The van der Waals surface area contributed by atoms with Gasteiger partial charge in [0.15, 0.2) is 0 Å². The summed E-state index contributed by atoms with van der Waals surface area (Å²) in [4.78, 5) is 0.956. The smallest absolute Gasteiger partial charge is 0.128 e. The Morgan fingerprint density at radius 2 is 2.23 bits per heavy atom. The molecular formula is C9H7BrOS2. The summed E-state index contributed by atoms with van der Waals surface area (Å²) in [5, 5.41) is 1.09. The first-order valence-corrected chi connectivity index (χ1v) is 5.73. The summed E-state index contributed by atoms with van der Waals surface area (Å²) >= 11 is 9.55. The highest BCUT2D eigenvalue weighted by atomic mass is 79.9. The van der Waals surface area contributed by atoms with Gasteiger partial charge in [0.2, 0.25) is 0 Å². The van der Waals surface area contributed by atoms with Crippen LogP contribution in [0.1, 0.15) is 0 Å². The van der Waals surface area contributed by atoms with Gasteiger partial charge >= 0.3 is 0 Å². The molecule has 1 aromatic heterocycles. The van der Waals surface area contributed by atoms with Crippen LogP contribution in [0.2, 0.25) is 0 Å². The van der Waals surface area contributed by atoms with E-state index in [4.69, 9.17) is 4.74 Å². The van der Waals surface area contributed by atoms with Gasteiger partial charge in [-0.2, -0.15) is 0 Å². The molecule has 0 atom stereocenters. The molecule has 13 heavy (non-hydrogen) atoms. The van der Waals surface area contributed by atoms with Crippen molar-refractivity contribution in [3.63, 3.8) is 0 Å². The predicted molar refractivity (Wildman–Crippen MR) is 63.3 cm³/mol. The number of hydrogen-bond acceptors (Lipinski definition) is 3. The number of ether oxygens (including phenoxy) is 1. The molecule has 0 amide bonds. The lowest BCUT2D eigenvalue weighted by Crippen LogP contribution is -1.82. The molecule has 0 radical (unpaired) electrons. The molecule has 1 heterocycles. The van der Waals surface area contributed by atoms with Crippen molar-refractivity contribution in [2.24, 2.45) is 0 Å². The third-order valence-corrected chi connectivity index (χ3v) is 4.56. The minimum atomic E-state index is 0.879. The fourth-order valence-corrected chi connectivity index (χ4v) is 3.25. The Balaban J connectivity index is 2.87. The van der Waals surface area contributed by atoms with Gasteiger partial charge in [0.1, 0.15) is 5.75 Å². The van der Waals surface area contributed by atoms with E-state index in [1.807, 2.05) is 12.1 Å². The molecule has 0 N–H and O–H groups in total. The van der Waals surface area contributed by atoms with Gasteiger partial charge < -0.3 is 4.74 Å². The van der Waals surface area contributed by atoms with Crippen LogP contribution in [0.4, 0.5) is 0 Å². The predicted octanol–water partition coefficient (Wildman–Crippen LogP) is 3.96. The van der Waals surface area contributed by atoms with Crippen LogP contribution in [-0.4, -0.2) is 7.11 Å². The lowest BCUT2D eigenvalue weighted by atomic mass is 10.2. The first-order valence-electron chi connectivity index (χ1n) is 3.68. The minimum absolute atomic E-state index is 0.879. The Morgan fingerprint density at radius 3 is 2.92 bits per heavy atom. The zero-order valence-corrected chi connectivity index (χ0v) is 10.2. The zero-order valence-electron chi connectivity index (χ0n) is 6.87. The van der Waals surface area contributed by atoms with E-state index >= 15 is 0 Å². The van der Waals surface area contributed by atoms with Crippen molar-refractivity contribution in [3.8, 4) is 5.75 Å². The molecular weight excluding hydrogens is 268 g/mol. The molecule has 0 saturated carbocycles. The van der Waals surface area contributed by atoms with Gasteiger partial charge in [-0.05, 0) is 28.1 Å². The fraction of sp³-hybridized carbons (Fsp3) is 0.111. The number of rotatable bonds is 1. The molecule has 0 aliphatic heterocycles. The van der Waals surface area contributed by atoms with Crippen LogP contribution in [-0.2, 0) is 0 Å². The topological polar surface area (TPSA) is 9.23 Å². The van der Waals surface area contributed by atoms with Gasteiger partial charge in [-0.1, -0.05) is 6.07 Å². The van der Waals surface area contributed by atoms with E-state index < -0.39 is 0 Å². The standard InChI is InChI=1S/C9H7BrOS2/c1-11-5-3-2-4-6-7(5)8(12)9(10)13-6/h2-4,12H,1H3. The molecule has 2 rings (SSSR count). The molecule has 0 bridgehead atoms. The Kier molecular flexibility index (Phi) is 2.53. The second-order valence-corrected chi connectivity index (χ2v) is 5.38. The monoisotopic (exact) mass is 274 g/mol. The number of thiol groups is 1. The van der Waals surface area contributed by atoms with Crippen molar-refractivity contribution in [1.82, 2.24) is 0 Å². The van der Waals surface area contributed by atoms with Crippen LogP contribution in [0.15, 0.2) is 26.9 Å². The average molecular weight is 275 g/mol. The minimum Gasteiger partial charge on any atom is -0.496 e. The first-order chi connectivity index (χ1) is 6.24. The second kappa shape index (κ2) is 3.52. The van der Waals surface area contributed by atoms with Crippen molar-refractivity contribution >= 4 is 50.0 Å². The summed E-state index contributed by atoms with van der Waals surface area (Å²) in [5.41, 5.74) is 0. The molecule has 1 aromatic carbocycles. The lowest BCUT2D eigenvalue weighted by molar-refractivity contribution is 0.419. The number of thiophene rings is 1. The highest BCUT2D eigenvalue weighted by molar-refractivity contribution is 9.11. The zero-order chi connectivity index (χ0) is 9.42. The molecule has 0 saturated heterocycles. The summed E-state index contributed by atoms with van der Waals surface area (Å²) in [7, 11) is 1.67. The molecule has 0 fully saturated rings. The van der Waals surface area contributed by atoms with E-state index in [9.17, 15) is 0 Å². The molecule has 1 nitrogen and oxygen atoms in total. The number of hydrogen-bond donors (Lipinski definition) is 1. The quantitative estimate of drug-likeness (QED) is 0.775. The molecule has 0 aliphatic carbocycles. The van der Waals surface area contributed by atoms with Crippen LogP contribution in [0, 0.1) is 0 Å².